The molecule has 0 saturated heterocycles. The van der Waals surface area contributed by atoms with Crippen molar-refractivity contribution in [1.82, 2.24) is 10.3 Å². The lowest BCUT2D eigenvalue weighted by molar-refractivity contribution is 0.0945. The van der Waals surface area contributed by atoms with Crippen LogP contribution in [0.5, 0.6) is 0 Å². The second kappa shape index (κ2) is 6.23. The van der Waals surface area contributed by atoms with Crippen LogP contribution in [0.2, 0.25) is 0 Å². The van der Waals surface area contributed by atoms with E-state index >= 15 is 0 Å². The number of anilines is 1. The molecule has 1 atom stereocenters. The van der Waals surface area contributed by atoms with Crippen molar-refractivity contribution >= 4 is 11.7 Å². The predicted molar refractivity (Wildman–Crippen MR) is 70.1 cm³/mol. The summed E-state index contributed by atoms with van der Waals surface area (Å²) in [6.07, 6.45) is 1.63. The van der Waals surface area contributed by atoms with Crippen LogP contribution in [0.1, 0.15) is 31.1 Å². The summed E-state index contributed by atoms with van der Waals surface area (Å²) in [5, 5.41) is 5.85. The van der Waals surface area contributed by atoms with Gasteiger partial charge >= 0.3 is 0 Å². The van der Waals surface area contributed by atoms with E-state index in [2.05, 4.69) is 36.4 Å². The molecule has 0 bridgehead atoms. The molecule has 1 unspecified atom stereocenters. The standard InChI is InChI=1S/C13H21N3O/c1-9(2)10(3)8-16-13(17)11-5-6-15-12(7-11)14-4/h5-7,9-10H,8H2,1-4H3,(H,14,15)(H,16,17). The van der Waals surface area contributed by atoms with Crippen LogP contribution in [-0.4, -0.2) is 24.5 Å². The zero-order valence-corrected chi connectivity index (χ0v) is 10.9. The highest BCUT2D eigenvalue weighted by atomic mass is 16.1. The Kier molecular flexibility index (Phi) is 4.94. The van der Waals surface area contributed by atoms with Gasteiger partial charge in [-0.1, -0.05) is 20.8 Å². The zero-order chi connectivity index (χ0) is 12.8. The van der Waals surface area contributed by atoms with Gasteiger partial charge in [0.05, 0.1) is 0 Å². The van der Waals surface area contributed by atoms with Gasteiger partial charge in [0.1, 0.15) is 5.82 Å². The largest absolute Gasteiger partial charge is 0.373 e. The molecule has 0 aliphatic carbocycles. The van der Waals surface area contributed by atoms with Crippen LogP contribution < -0.4 is 10.6 Å². The third-order valence-electron chi connectivity index (χ3n) is 3.00. The van der Waals surface area contributed by atoms with Gasteiger partial charge in [0.2, 0.25) is 0 Å². The van der Waals surface area contributed by atoms with Crippen LogP contribution in [0.25, 0.3) is 0 Å². The average molecular weight is 235 g/mol. The van der Waals surface area contributed by atoms with Gasteiger partial charge in [-0.2, -0.15) is 0 Å². The molecule has 1 amide bonds. The Bertz CT molecular complexity index is 377. The Hall–Kier alpha value is -1.58. The van der Waals surface area contributed by atoms with E-state index in [0.717, 1.165) is 0 Å². The van der Waals surface area contributed by atoms with Gasteiger partial charge in [-0.15, -0.1) is 0 Å². The van der Waals surface area contributed by atoms with Crippen LogP contribution in [0.15, 0.2) is 18.3 Å². The van der Waals surface area contributed by atoms with E-state index in [1.807, 2.05) is 0 Å². The Morgan fingerprint density at radius 1 is 1.41 bits per heavy atom. The Balaban J connectivity index is 2.57. The topological polar surface area (TPSA) is 54.0 Å². The SMILES string of the molecule is CNc1cc(C(=O)NCC(C)C(C)C)ccn1. The van der Waals surface area contributed by atoms with Crippen molar-refractivity contribution in [1.29, 1.82) is 0 Å². The van der Waals surface area contributed by atoms with Crippen LogP contribution in [-0.2, 0) is 0 Å². The van der Waals surface area contributed by atoms with Crippen LogP contribution >= 0.6 is 0 Å². The molecule has 0 fully saturated rings. The van der Waals surface area contributed by atoms with E-state index in [9.17, 15) is 4.79 Å². The molecule has 0 aliphatic heterocycles. The fraction of sp³-hybridized carbons (Fsp3) is 0.538. The van der Waals surface area contributed by atoms with Crippen molar-refractivity contribution in [2.24, 2.45) is 11.8 Å². The second-order valence-electron chi connectivity index (χ2n) is 4.61. The fourth-order valence-corrected chi connectivity index (χ4v) is 1.30. The average Bonchev–Trinajstić information content (AvgIpc) is 2.35. The van der Waals surface area contributed by atoms with E-state index in [1.54, 1.807) is 25.4 Å². The van der Waals surface area contributed by atoms with Crippen LogP contribution in [0, 0.1) is 11.8 Å². The number of rotatable bonds is 5. The van der Waals surface area contributed by atoms with Crippen molar-refractivity contribution in [3.05, 3.63) is 23.9 Å². The fourth-order valence-electron chi connectivity index (χ4n) is 1.30. The van der Waals surface area contributed by atoms with Crippen molar-refractivity contribution in [3.63, 3.8) is 0 Å². The molecule has 0 aromatic carbocycles. The van der Waals surface area contributed by atoms with E-state index in [-0.39, 0.29) is 5.91 Å². The molecule has 1 heterocycles. The summed E-state index contributed by atoms with van der Waals surface area (Å²) in [5.41, 5.74) is 0.639. The summed E-state index contributed by atoms with van der Waals surface area (Å²) in [7, 11) is 1.78. The molecule has 0 spiro atoms. The number of pyridine rings is 1. The minimum absolute atomic E-state index is 0.0450. The third-order valence-corrected chi connectivity index (χ3v) is 3.00. The predicted octanol–water partition coefficient (Wildman–Crippen LogP) is 2.15. The molecule has 0 radical (unpaired) electrons. The molecular formula is C13H21N3O. The third kappa shape index (κ3) is 4.06. The first kappa shape index (κ1) is 13.5. The van der Waals surface area contributed by atoms with Gasteiger partial charge in [0.15, 0.2) is 0 Å². The smallest absolute Gasteiger partial charge is 0.251 e. The lowest BCUT2D eigenvalue weighted by Gasteiger charge is -2.16. The number of carbonyl (C=O) groups is 1. The van der Waals surface area contributed by atoms with Gasteiger partial charge in [-0.25, -0.2) is 4.98 Å². The molecule has 1 aromatic rings. The number of nitrogens with zero attached hydrogens (tertiary/aromatic N) is 1. The lowest BCUT2D eigenvalue weighted by atomic mass is 9.98. The quantitative estimate of drug-likeness (QED) is 0.822. The highest BCUT2D eigenvalue weighted by Gasteiger charge is 2.10. The van der Waals surface area contributed by atoms with Gasteiger partial charge in [0, 0.05) is 25.4 Å². The molecule has 94 valence electrons. The summed E-state index contributed by atoms with van der Waals surface area (Å²) in [5.74, 6) is 1.70. The van der Waals surface area contributed by atoms with Crippen molar-refractivity contribution < 1.29 is 4.79 Å². The molecule has 1 aromatic heterocycles. The first-order chi connectivity index (χ1) is 8.04. The van der Waals surface area contributed by atoms with Crippen LogP contribution in [0.4, 0.5) is 5.82 Å². The number of hydrogen-bond donors (Lipinski definition) is 2. The van der Waals surface area contributed by atoms with Crippen molar-refractivity contribution in [2.45, 2.75) is 20.8 Å². The first-order valence-corrected chi connectivity index (χ1v) is 5.96. The maximum absolute atomic E-state index is 11.9. The molecule has 4 heteroatoms. The van der Waals surface area contributed by atoms with E-state index in [4.69, 9.17) is 0 Å². The number of amides is 1. The van der Waals surface area contributed by atoms with E-state index in [1.165, 1.54) is 0 Å². The molecule has 2 N–H and O–H groups in total. The van der Waals surface area contributed by atoms with Gasteiger partial charge in [-0.3, -0.25) is 4.79 Å². The summed E-state index contributed by atoms with van der Waals surface area (Å²) in [6, 6.07) is 3.46. The number of hydrogen-bond acceptors (Lipinski definition) is 3. The molecule has 4 nitrogen and oxygen atoms in total. The van der Waals surface area contributed by atoms with E-state index in [0.29, 0.717) is 29.8 Å². The molecule has 0 saturated carbocycles. The summed E-state index contributed by atoms with van der Waals surface area (Å²) >= 11 is 0. The zero-order valence-electron chi connectivity index (χ0n) is 10.9. The first-order valence-electron chi connectivity index (χ1n) is 5.96. The Labute approximate surface area is 103 Å². The Morgan fingerprint density at radius 3 is 2.71 bits per heavy atom. The van der Waals surface area contributed by atoms with Crippen LogP contribution in [0.3, 0.4) is 0 Å². The molecular weight excluding hydrogens is 214 g/mol. The second-order valence-corrected chi connectivity index (χ2v) is 4.61. The van der Waals surface area contributed by atoms with Crippen molar-refractivity contribution in [3.8, 4) is 0 Å². The van der Waals surface area contributed by atoms with Gasteiger partial charge in [0.25, 0.3) is 5.91 Å². The normalized spacial score (nSPS) is 12.3. The number of carbonyl (C=O) groups excluding carboxylic acids is 1. The van der Waals surface area contributed by atoms with E-state index < -0.39 is 0 Å². The summed E-state index contributed by atoms with van der Waals surface area (Å²) < 4.78 is 0. The van der Waals surface area contributed by atoms with Crippen molar-refractivity contribution in [2.75, 3.05) is 18.9 Å². The lowest BCUT2D eigenvalue weighted by Crippen LogP contribution is -2.30. The number of nitrogens with one attached hydrogen (secondary N) is 2. The highest BCUT2D eigenvalue weighted by molar-refractivity contribution is 5.94. The molecule has 17 heavy (non-hydrogen) atoms. The maximum atomic E-state index is 11.9. The number of aromatic nitrogens is 1. The Morgan fingerprint density at radius 2 is 2.12 bits per heavy atom. The highest BCUT2D eigenvalue weighted by Crippen LogP contribution is 2.09. The van der Waals surface area contributed by atoms with Gasteiger partial charge < -0.3 is 10.6 Å². The summed E-state index contributed by atoms with van der Waals surface area (Å²) in [4.78, 5) is 15.9. The minimum atomic E-state index is -0.0450. The maximum Gasteiger partial charge on any atom is 0.251 e. The monoisotopic (exact) mass is 235 g/mol. The molecule has 0 aliphatic rings. The molecule has 1 rings (SSSR count). The van der Waals surface area contributed by atoms with Gasteiger partial charge in [-0.05, 0) is 24.0 Å². The minimum Gasteiger partial charge on any atom is -0.373 e. The summed E-state index contributed by atoms with van der Waals surface area (Å²) in [6.45, 7) is 7.15.